The fraction of sp³-hybridized carbons (Fsp3) is 0.167. The lowest BCUT2D eigenvalue weighted by Crippen LogP contribution is -2.34. The molecule has 0 aromatic heterocycles. The molecule has 0 unspecified atom stereocenters. The van der Waals surface area contributed by atoms with E-state index in [-0.39, 0.29) is 34.6 Å². The molecule has 20 heavy (non-hydrogen) atoms. The number of carbonyl (C=O) groups excluding carboxylic acids is 2. The lowest BCUT2D eigenvalue weighted by atomic mass is 10.3. The highest BCUT2D eigenvalue weighted by atomic mass is 35.5. The third-order valence-electron chi connectivity index (χ3n) is 2.60. The Morgan fingerprint density at radius 1 is 1.15 bits per heavy atom. The summed E-state index contributed by atoms with van der Waals surface area (Å²) in [7, 11) is 0. The van der Waals surface area contributed by atoms with Crippen LogP contribution in [0.2, 0.25) is 15.1 Å². The number of hydrogen-bond donors (Lipinski definition) is 2. The molecular weight excluding hydrogens is 327 g/mol. The summed E-state index contributed by atoms with van der Waals surface area (Å²) in [6.07, 6.45) is 1.12. The van der Waals surface area contributed by atoms with Gasteiger partial charge in [0.2, 0.25) is 0 Å². The summed E-state index contributed by atoms with van der Waals surface area (Å²) in [5.74, 6) is -1.06. The molecule has 0 fully saturated rings. The number of β-amino-alcohol motifs (C(OH)–C–C–N with tert-alkyl or cyclic N) is 1. The van der Waals surface area contributed by atoms with E-state index in [9.17, 15) is 9.59 Å². The van der Waals surface area contributed by atoms with Crippen LogP contribution in [-0.4, -0.2) is 35.0 Å². The van der Waals surface area contributed by atoms with Gasteiger partial charge in [-0.25, -0.2) is 0 Å². The van der Waals surface area contributed by atoms with Crippen LogP contribution < -0.4 is 5.32 Å². The Morgan fingerprint density at radius 3 is 2.30 bits per heavy atom. The minimum atomic E-state index is -0.550. The zero-order valence-electron chi connectivity index (χ0n) is 9.99. The molecule has 2 N–H and O–H groups in total. The van der Waals surface area contributed by atoms with Crippen molar-refractivity contribution in [1.29, 1.82) is 0 Å². The van der Waals surface area contributed by atoms with E-state index >= 15 is 0 Å². The van der Waals surface area contributed by atoms with Crippen LogP contribution in [0.15, 0.2) is 23.9 Å². The molecule has 0 spiro atoms. The number of imide groups is 1. The van der Waals surface area contributed by atoms with Crippen molar-refractivity contribution in [2.75, 3.05) is 18.5 Å². The first kappa shape index (κ1) is 15.1. The van der Waals surface area contributed by atoms with Crippen LogP contribution >= 0.6 is 34.8 Å². The van der Waals surface area contributed by atoms with E-state index in [0.29, 0.717) is 5.02 Å². The molecule has 2 rings (SSSR count). The van der Waals surface area contributed by atoms with Crippen molar-refractivity contribution in [3.8, 4) is 0 Å². The SMILES string of the molecule is O=C1C=C(Nc2c(Cl)cc(Cl)cc2Cl)C(=O)N1CCO. The number of anilines is 1. The average molecular weight is 336 g/mol. The third-order valence-corrected chi connectivity index (χ3v) is 3.41. The molecule has 5 nitrogen and oxygen atoms in total. The van der Waals surface area contributed by atoms with Crippen molar-refractivity contribution >= 4 is 52.3 Å². The lowest BCUT2D eigenvalue weighted by Gasteiger charge is -2.14. The van der Waals surface area contributed by atoms with Gasteiger partial charge < -0.3 is 10.4 Å². The second-order valence-electron chi connectivity index (χ2n) is 3.95. The smallest absolute Gasteiger partial charge is 0.277 e. The van der Waals surface area contributed by atoms with Crippen LogP contribution in [-0.2, 0) is 9.59 Å². The molecule has 1 aromatic carbocycles. The van der Waals surface area contributed by atoms with Crippen LogP contribution in [0.5, 0.6) is 0 Å². The molecule has 0 atom stereocenters. The van der Waals surface area contributed by atoms with Crippen molar-refractivity contribution in [2.24, 2.45) is 0 Å². The van der Waals surface area contributed by atoms with E-state index in [2.05, 4.69) is 5.32 Å². The summed E-state index contributed by atoms with van der Waals surface area (Å²) >= 11 is 17.8. The number of amides is 2. The van der Waals surface area contributed by atoms with Gasteiger partial charge in [-0.05, 0) is 12.1 Å². The van der Waals surface area contributed by atoms with Crippen LogP contribution in [0.1, 0.15) is 0 Å². The first-order valence-corrected chi connectivity index (χ1v) is 6.67. The normalized spacial score (nSPS) is 14.8. The molecule has 0 radical (unpaired) electrons. The Bertz CT molecular complexity index is 593. The number of carbonyl (C=O) groups is 2. The fourth-order valence-corrected chi connectivity index (χ4v) is 2.62. The van der Waals surface area contributed by atoms with Gasteiger partial charge >= 0.3 is 0 Å². The minimum Gasteiger partial charge on any atom is -0.395 e. The first-order valence-electron chi connectivity index (χ1n) is 5.54. The number of rotatable bonds is 4. The maximum absolute atomic E-state index is 12.0. The van der Waals surface area contributed by atoms with Gasteiger partial charge in [-0.1, -0.05) is 34.8 Å². The van der Waals surface area contributed by atoms with Gasteiger partial charge in [0, 0.05) is 11.1 Å². The van der Waals surface area contributed by atoms with Crippen LogP contribution in [0.4, 0.5) is 5.69 Å². The van der Waals surface area contributed by atoms with Crippen molar-refractivity contribution in [1.82, 2.24) is 4.90 Å². The molecule has 0 saturated heterocycles. The maximum atomic E-state index is 12.0. The summed E-state index contributed by atoms with van der Waals surface area (Å²) in [4.78, 5) is 24.5. The molecular formula is C12H9Cl3N2O3. The highest BCUT2D eigenvalue weighted by Crippen LogP contribution is 2.35. The Balaban J connectivity index is 2.26. The molecule has 0 bridgehead atoms. The molecule has 106 valence electrons. The molecule has 1 heterocycles. The fourth-order valence-electron chi connectivity index (χ4n) is 1.71. The molecule has 1 aliphatic heterocycles. The summed E-state index contributed by atoms with van der Waals surface area (Å²) < 4.78 is 0. The summed E-state index contributed by atoms with van der Waals surface area (Å²) in [6, 6.07) is 2.93. The number of aliphatic hydroxyl groups excluding tert-OH is 1. The van der Waals surface area contributed by atoms with Gasteiger partial charge in [0.15, 0.2) is 0 Å². The van der Waals surface area contributed by atoms with Crippen LogP contribution in [0.3, 0.4) is 0 Å². The lowest BCUT2D eigenvalue weighted by molar-refractivity contribution is -0.137. The largest absolute Gasteiger partial charge is 0.395 e. The first-order chi connectivity index (χ1) is 9.43. The van der Waals surface area contributed by atoms with Gasteiger partial charge in [-0.2, -0.15) is 0 Å². The van der Waals surface area contributed by atoms with Crippen molar-refractivity contribution in [3.63, 3.8) is 0 Å². The van der Waals surface area contributed by atoms with Crippen molar-refractivity contribution in [2.45, 2.75) is 0 Å². The number of hydrogen-bond acceptors (Lipinski definition) is 4. The Morgan fingerprint density at radius 2 is 1.75 bits per heavy atom. The zero-order chi connectivity index (χ0) is 14.9. The Hall–Kier alpha value is -1.27. The Labute approximate surface area is 129 Å². The number of nitrogens with one attached hydrogen (secondary N) is 1. The van der Waals surface area contributed by atoms with Crippen molar-refractivity contribution < 1.29 is 14.7 Å². The zero-order valence-corrected chi connectivity index (χ0v) is 12.3. The quantitative estimate of drug-likeness (QED) is 0.829. The summed E-state index contributed by atoms with van der Waals surface area (Å²) in [5.41, 5.74) is 0.325. The van der Waals surface area contributed by atoms with Gasteiger partial charge in [0.05, 0.1) is 28.9 Å². The Kier molecular flexibility index (Phi) is 4.55. The highest BCUT2D eigenvalue weighted by molar-refractivity contribution is 6.42. The predicted octanol–water partition coefficient (Wildman–Crippen LogP) is 2.30. The minimum absolute atomic E-state index is 0.0366. The highest BCUT2D eigenvalue weighted by Gasteiger charge is 2.31. The van der Waals surface area contributed by atoms with E-state index in [1.54, 1.807) is 0 Å². The summed E-state index contributed by atoms with van der Waals surface area (Å²) in [5, 5.41) is 12.3. The van der Waals surface area contributed by atoms with Crippen LogP contribution in [0.25, 0.3) is 0 Å². The molecule has 8 heteroatoms. The molecule has 0 saturated carbocycles. The molecule has 2 amide bonds. The molecule has 0 aliphatic carbocycles. The third kappa shape index (κ3) is 2.91. The van der Waals surface area contributed by atoms with E-state index < -0.39 is 11.8 Å². The van der Waals surface area contributed by atoms with E-state index in [1.807, 2.05) is 0 Å². The van der Waals surface area contributed by atoms with Crippen molar-refractivity contribution in [3.05, 3.63) is 39.0 Å². The van der Waals surface area contributed by atoms with Gasteiger partial charge in [0.25, 0.3) is 11.8 Å². The van der Waals surface area contributed by atoms with Gasteiger partial charge in [-0.15, -0.1) is 0 Å². The average Bonchev–Trinajstić information content (AvgIpc) is 2.62. The number of nitrogens with zero attached hydrogens (tertiary/aromatic N) is 1. The second kappa shape index (κ2) is 6.01. The standard InChI is InChI=1S/C12H9Cl3N2O3/c13-6-3-7(14)11(8(15)4-6)16-9-5-10(19)17(1-2-18)12(9)20/h3-5,16,18H,1-2H2. The topological polar surface area (TPSA) is 69.6 Å². The van der Waals surface area contributed by atoms with E-state index in [4.69, 9.17) is 39.9 Å². The van der Waals surface area contributed by atoms with E-state index in [1.165, 1.54) is 12.1 Å². The predicted molar refractivity (Wildman–Crippen MR) is 77.0 cm³/mol. The summed E-state index contributed by atoms with van der Waals surface area (Å²) in [6.45, 7) is -0.373. The van der Waals surface area contributed by atoms with Crippen LogP contribution in [0, 0.1) is 0 Å². The van der Waals surface area contributed by atoms with Gasteiger partial charge in [-0.3, -0.25) is 14.5 Å². The van der Waals surface area contributed by atoms with Gasteiger partial charge in [0.1, 0.15) is 5.70 Å². The molecule has 1 aromatic rings. The molecule has 1 aliphatic rings. The number of benzene rings is 1. The number of aliphatic hydroxyl groups is 1. The second-order valence-corrected chi connectivity index (χ2v) is 5.20. The number of halogens is 3. The van der Waals surface area contributed by atoms with E-state index in [0.717, 1.165) is 11.0 Å². The monoisotopic (exact) mass is 334 g/mol. The maximum Gasteiger partial charge on any atom is 0.277 e.